The zero-order chi connectivity index (χ0) is 13.9. The maximum Gasteiger partial charge on any atom is 0.223 e. The summed E-state index contributed by atoms with van der Waals surface area (Å²) in [4.78, 5) is 16.5. The minimum atomic E-state index is 0. The number of rotatable bonds is 4. The molecule has 1 amide bonds. The van der Waals surface area contributed by atoms with E-state index < -0.39 is 0 Å². The number of nitrogens with one attached hydrogen (secondary N) is 2. The summed E-state index contributed by atoms with van der Waals surface area (Å²) in [5, 5.41) is 7.35. The number of hydrogen-bond acceptors (Lipinski definition) is 3. The van der Waals surface area contributed by atoms with Crippen LogP contribution in [-0.4, -0.2) is 24.0 Å². The Morgan fingerprint density at radius 1 is 1.32 bits per heavy atom. The van der Waals surface area contributed by atoms with Crippen LogP contribution in [0.4, 0.5) is 0 Å². The van der Waals surface area contributed by atoms with E-state index in [-0.39, 0.29) is 36.6 Å². The van der Waals surface area contributed by atoms with Gasteiger partial charge in [0.05, 0.1) is 5.52 Å². The van der Waals surface area contributed by atoms with Crippen LogP contribution in [0, 0.1) is 11.8 Å². The Kier molecular flexibility index (Phi) is 7.07. The van der Waals surface area contributed by atoms with Gasteiger partial charge in [-0.3, -0.25) is 9.78 Å². The van der Waals surface area contributed by atoms with Crippen LogP contribution in [0.1, 0.15) is 12.5 Å². The number of amides is 1. The van der Waals surface area contributed by atoms with Gasteiger partial charge in [0.15, 0.2) is 0 Å². The maximum atomic E-state index is 12.1. The number of pyridine rings is 1. The Balaban J connectivity index is 0.00000121. The number of fused-ring (bicyclic) bond motifs is 1. The van der Waals surface area contributed by atoms with Gasteiger partial charge in [0.25, 0.3) is 0 Å². The lowest BCUT2D eigenvalue weighted by Gasteiger charge is -2.31. The van der Waals surface area contributed by atoms with Gasteiger partial charge >= 0.3 is 0 Å². The van der Waals surface area contributed by atoms with E-state index in [1.165, 1.54) is 0 Å². The first-order chi connectivity index (χ1) is 9.75. The minimum absolute atomic E-state index is 0. The second-order valence-electron chi connectivity index (χ2n) is 5.42. The number of halogens is 2. The Morgan fingerprint density at radius 2 is 2.05 bits per heavy atom. The Bertz CT molecular complexity index is 626. The predicted molar refractivity (Wildman–Crippen MR) is 93.6 cm³/mol. The van der Waals surface area contributed by atoms with Crippen molar-refractivity contribution in [3.8, 4) is 0 Å². The normalized spacial score (nSPS) is 15.1. The molecule has 1 aromatic heterocycles. The molecule has 2 aromatic rings. The van der Waals surface area contributed by atoms with Crippen molar-refractivity contribution in [1.29, 1.82) is 0 Å². The molecule has 0 bridgehead atoms. The van der Waals surface area contributed by atoms with Crippen LogP contribution < -0.4 is 10.6 Å². The maximum absolute atomic E-state index is 12.1. The molecule has 0 saturated carbocycles. The van der Waals surface area contributed by atoms with E-state index in [1.807, 2.05) is 37.3 Å². The minimum Gasteiger partial charge on any atom is -0.352 e. The van der Waals surface area contributed by atoms with E-state index >= 15 is 0 Å². The lowest BCUT2D eigenvalue weighted by atomic mass is 9.88. The molecular weight excluding hydrogens is 321 g/mol. The molecule has 1 aromatic carbocycles. The van der Waals surface area contributed by atoms with E-state index in [0.717, 1.165) is 29.6 Å². The van der Waals surface area contributed by atoms with Crippen LogP contribution >= 0.6 is 24.8 Å². The highest BCUT2D eigenvalue weighted by molar-refractivity contribution is 5.85. The average molecular weight is 342 g/mol. The summed E-state index contributed by atoms with van der Waals surface area (Å²) >= 11 is 0. The molecule has 0 radical (unpaired) electrons. The fourth-order valence-electron chi connectivity index (χ4n) is 2.53. The summed E-state index contributed by atoms with van der Waals surface area (Å²) < 4.78 is 0. The monoisotopic (exact) mass is 341 g/mol. The summed E-state index contributed by atoms with van der Waals surface area (Å²) in [6.07, 6.45) is 1.79. The second kappa shape index (κ2) is 8.32. The first kappa shape index (κ1) is 18.7. The molecule has 0 aliphatic carbocycles. The highest BCUT2D eigenvalue weighted by Crippen LogP contribution is 2.18. The van der Waals surface area contributed by atoms with E-state index in [4.69, 9.17) is 0 Å². The van der Waals surface area contributed by atoms with Crippen LogP contribution in [0.3, 0.4) is 0 Å². The van der Waals surface area contributed by atoms with Crippen LogP contribution in [0.25, 0.3) is 10.9 Å². The lowest BCUT2D eigenvalue weighted by Crippen LogP contribution is -2.49. The summed E-state index contributed by atoms with van der Waals surface area (Å²) in [6.45, 7) is 4.44. The fourth-order valence-corrected chi connectivity index (χ4v) is 2.53. The van der Waals surface area contributed by atoms with Gasteiger partial charge in [-0.2, -0.15) is 0 Å². The average Bonchev–Trinajstić information content (AvgIpc) is 2.42. The van der Waals surface area contributed by atoms with Crippen molar-refractivity contribution in [3.63, 3.8) is 0 Å². The first-order valence-corrected chi connectivity index (χ1v) is 7.07. The van der Waals surface area contributed by atoms with Crippen molar-refractivity contribution in [2.45, 2.75) is 13.5 Å². The van der Waals surface area contributed by atoms with Crippen molar-refractivity contribution in [2.24, 2.45) is 11.8 Å². The second-order valence-corrected chi connectivity index (χ2v) is 5.42. The lowest BCUT2D eigenvalue weighted by molar-refractivity contribution is -0.126. The molecule has 1 fully saturated rings. The Morgan fingerprint density at radius 3 is 2.73 bits per heavy atom. The topological polar surface area (TPSA) is 54.0 Å². The van der Waals surface area contributed by atoms with Crippen molar-refractivity contribution >= 4 is 41.6 Å². The smallest absolute Gasteiger partial charge is 0.223 e. The number of para-hydroxylation sites is 1. The molecule has 2 heterocycles. The van der Waals surface area contributed by atoms with Gasteiger partial charge in [0.1, 0.15) is 0 Å². The molecule has 22 heavy (non-hydrogen) atoms. The van der Waals surface area contributed by atoms with Gasteiger partial charge in [0, 0.05) is 24.0 Å². The molecule has 1 saturated heterocycles. The van der Waals surface area contributed by atoms with Gasteiger partial charge in [-0.05, 0) is 30.6 Å². The van der Waals surface area contributed by atoms with Crippen molar-refractivity contribution in [1.82, 2.24) is 15.6 Å². The summed E-state index contributed by atoms with van der Waals surface area (Å²) in [5.41, 5.74) is 2.03. The summed E-state index contributed by atoms with van der Waals surface area (Å²) in [5.74, 6) is 0.671. The third kappa shape index (κ3) is 3.88. The zero-order valence-electron chi connectivity index (χ0n) is 12.4. The highest BCUT2D eigenvalue weighted by Gasteiger charge is 2.28. The highest BCUT2D eigenvalue weighted by atomic mass is 35.5. The first-order valence-electron chi connectivity index (χ1n) is 7.07. The van der Waals surface area contributed by atoms with Gasteiger partial charge in [-0.15, -0.1) is 24.8 Å². The number of nitrogens with zero attached hydrogens (tertiary/aromatic N) is 1. The molecule has 3 rings (SSSR count). The molecule has 1 unspecified atom stereocenters. The number of aromatic nitrogens is 1. The van der Waals surface area contributed by atoms with Crippen LogP contribution in [0.15, 0.2) is 36.5 Å². The van der Waals surface area contributed by atoms with Gasteiger partial charge < -0.3 is 10.6 Å². The number of hydrogen-bond donors (Lipinski definition) is 2. The number of carbonyl (C=O) groups excluding carboxylic acids is 1. The van der Waals surface area contributed by atoms with Crippen molar-refractivity contribution in [3.05, 3.63) is 42.1 Å². The molecule has 4 nitrogen and oxygen atoms in total. The van der Waals surface area contributed by atoms with Crippen LogP contribution in [-0.2, 0) is 11.3 Å². The third-order valence-electron chi connectivity index (χ3n) is 4.10. The Hall–Kier alpha value is -1.36. The number of benzene rings is 1. The van der Waals surface area contributed by atoms with Gasteiger partial charge in [-0.25, -0.2) is 0 Å². The van der Waals surface area contributed by atoms with Gasteiger partial charge in [-0.1, -0.05) is 31.2 Å². The molecule has 6 heteroatoms. The zero-order valence-corrected chi connectivity index (χ0v) is 14.0. The van der Waals surface area contributed by atoms with E-state index in [9.17, 15) is 4.79 Å². The van der Waals surface area contributed by atoms with E-state index in [0.29, 0.717) is 12.5 Å². The largest absolute Gasteiger partial charge is 0.352 e. The molecular formula is C16H21Cl2N3O. The molecule has 120 valence electrons. The standard InChI is InChI=1S/C16H19N3O.2ClH/c1-11(14-8-17-9-14)16(20)19-10-13-5-2-4-12-6-3-7-18-15(12)13;;/h2-7,11,14,17H,8-10H2,1H3,(H,19,20);2*1H. The number of carbonyl (C=O) groups is 1. The Labute approximate surface area is 142 Å². The molecule has 0 spiro atoms. The molecule has 1 aliphatic heterocycles. The quantitative estimate of drug-likeness (QED) is 0.898. The predicted octanol–water partition coefficient (Wildman–Crippen LogP) is 2.55. The van der Waals surface area contributed by atoms with Crippen molar-refractivity contribution < 1.29 is 4.79 Å². The SMILES string of the molecule is CC(C(=O)NCc1cccc2cccnc12)C1CNC1.Cl.Cl. The molecule has 2 N–H and O–H groups in total. The summed E-state index contributed by atoms with van der Waals surface area (Å²) in [6, 6.07) is 10.0. The third-order valence-corrected chi connectivity index (χ3v) is 4.10. The molecule has 1 atom stereocenters. The summed E-state index contributed by atoms with van der Waals surface area (Å²) in [7, 11) is 0. The fraction of sp³-hybridized carbons (Fsp3) is 0.375. The van der Waals surface area contributed by atoms with Crippen molar-refractivity contribution in [2.75, 3.05) is 13.1 Å². The van der Waals surface area contributed by atoms with Crippen LogP contribution in [0.2, 0.25) is 0 Å². The molecule has 1 aliphatic rings. The van der Waals surface area contributed by atoms with E-state index in [1.54, 1.807) is 6.20 Å². The van der Waals surface area contributed by atoms with Gasteiger partial charge in [0.2, 0.25) is 5.91 Å². The van der Waals surface area contributed by atoms with Crippen LogP contribution in [0.5, 0.6) is 0 Å². The van der Waals surface area contributed by atoms with E-state index in [2.05, 4.69) is 15.6 Å².